The van der Waals surface area contributed by atoms with Crippen molar-refractivity contribution in [3.8, 4) is 0 Å². The highest BCUT2D eigenvalue weighted by atomic mass is 16.6. The Labute approximate surface area is 205 Å². The molecule has 0 radical (unpaired) electrons. The molecule has 1 aromatic carbocycles. The molecular weight excluding hydrogens is 426 g/mol. The molecule has 5 fully saturated rings. The number of para-hydroxylation sites is 2. The third-order valence-electron chi connectivity index (χ3n) is 8.44. The minimum atomic E-state index is -0.690. The van der Waals surface area contributed by atoms with E-state index in [1.54, 1.807) is 4.90 Å². The van der Waals surface area contributed by atoms with Gasteiger partial charge >= 0.3 is 6.09 Å². The molecule has 4 saturated carbocycles. The van der Waals surface area contributed by atoms with E-state index in [2.05, 4.69) is 34.9 Å². The second kappa shape index (κ2) is 8.61. The Morgan fingerprint density at radius 3 is 2.15 bits per heavy atom. The number of nitrogens with zero attached hydrogens (tertiary/aromatic N) is 1. The van der Waals surface area contributed by atoms with Crippen molar-refractivity contribution in [2.24, 2.45) is 23.2 Å². The molecule has 6 heteroatoms. The number of hydrogen-bond acceptors (Lipinski definition) is 5. The molecule has 4 aliphatic carbocycles. The minimum absolute atomic E-state index is 0.0962. The SMILES string of the molecule is CC(C)(C)OC(=O)N1[C@@H](CNc2ccccc2NCC23CC4CC(CC(C4)C2)C3)COC1(C)C. The van der Waals surface area contributed by atoms with E-state index in [1.165, 1.54) is 38.5 Å². The average molecular weight is 470 g/mol. The number of carbonyl (C=O) groups is 1. The second-order valence-corrected chi connectivity index (χ2v) is 13.0. The van der Waals surface area contributed by atoms with Crippen molar-refractivity contribution in [2.45, 2.75) is 90.5 Å². The van der Waals surface area contributed by atoms with Crippen LogP contribution in [0, 0.1) is 23.2 Å². The van der Waals surface area contributed by atoms with Gasteiger partial charge in [0, 0.05) is 13.1 Å². The lowest BCUT2D eigenvalue weighted by molar-refractivity contribution is -0.0620. The maximum atomic E-state index is 13.0. The van der Waals surface area contributed by atoms with Crippen molar-refractivity contribution in [3.05, 3.63) is 24.3 Å². The van der Waals surface area contributed by atoms with Crippen LogP contribution in [0.2, 0.25) is 0 Å². The standard InChI is InChI=1S/C28H43N3O3/c1-26(2,3)34-25(32)31-22(17-33-27(31,4)5)16-29-23-8-6-7-9-24(23)30-18-28-13-19-10-20(14-28)12-21(11-19)15-28/h6-9,19-22,29-30H,10-18H2,1-5H3/t19?,20?,21?,22-,28?/m0/s1. The van der Waals surface area contributed by atoms with Crippen LogP contribution >= 0.6 is 0 Å². The van der Waals surface area contributed by atoms with Gasteiger partial charge in [0.15, 0.2) is 0 Å². The van der Waals surface area contributed by atoms with Crippen molar-refractivity contribution in [2.75, 3.05) is 30.3 Å². The summed E-state index contributed by atoms with van der Waals surface area (Å²) in [6.07, 6.45) is 8.32. The third-order valence-corrected chi connectivity index (χ3v) is 8.44. The van der Waals surface area contributed by atoms with E-state index in [0.29, 0.717) is 18.6 Å². The highest BCUT2D eigenvalue weighted by molar-refractivity contribution is 5.71. The number of ether oxygens (including phenoxy) is 2. The molecule has 1 heterocycles. The van der Waals surface area contributed by atoms with E-state index in [1.807, 2.05) is 34.6 Å². The quantitative estimate of drug-likeness (QED) is 0.527. The maximum Gasteiger partial charge on any atom is 0.412 e. The molecule has 0 unspecified atom stereocenters. The third kappa shape index (κ3) is 4.89. The number of nitrogens with one attached hydrogen (secondary N) is 2. The van der Waals surface area contributed by atoms with Crippen molar-refractivity contribution in [1.29, 1.82) is 0 Å². The van der Waals surface area contributed by atoms with Gasteiger partial charge in [-0.05, 0) is 108 Å². The number of rotatable bonds is 6. The first-order valence-electron chi connectivity index (χ1n) is 13.2. The molecule has 5 aliphatic rings. The first-order chi connectivity index (χ1) is 16.0. The number of carbonyl (C=O) groups excluding carboxylic acids is 1. The van der Waals surface area contributed by atoms with Crippen LogP contribution in [0.3, 0.4) is 0 Å². The Morgan fingerprint density at radius 2 is 1.59 bits per heavy atom. The van der Waals surface area contributed by atoms with Gasteiger partial charge in [-0.2, -0.15) is 0 Å². The van der Waals surface area contributed by atoms with E-state index < -0.39 is 11.3 Å². The molecule has 2 N–H and O–H groups in total. The predicted octanol–water partition coefficient (Wildman–Crippen LogP) is 6.10. The fraction of sp³-hybridized carbons (Fsp3) is 0.750. The molecule has 1 amide bonds. The van der Waals surface area contributed by atoms with Crippen molar-refractivity contribution in [1.82, 2.24) is 4.90 Å². The van der Waals surface area contributed by atoms with E-state index in [9.17, 15) is 4.79 Å². The maximum absolute atomic E-state index is 13.0. The van der Waals surface area contributed by atoms with Crippen molar-refractivity contribution in [3.63, 3.8) is 0 Å². The topological polar surface area (TPSA) is 62.8 Å². The van der Waals surface area contributed by atoms with Crippen LogP contribution in [0.5, 0.6) is 0 Å². The molecule has 1 aromatic rings. The van der Waals surface area contributed by atoms with Gasteiger partial charge in [-0.25, -0.2) is 4.79 Å². The summed E-state index contributed by atoms with van der Waals surface area (Å²) in [5, 5.41) is 7.44. The Bertz CT molecular complexity index is 871. The highest BCUT2D eigenvalue weighted by Gasteiger charge is 2.50. The monoisotopic (exact) mass is 469 g/mol. The first-order valence-corrected chi connectivity index (χ1v) is 13.2. The number of anilines is 2. The van der Waals surface area contributed by atoms with Gasteiger partial charge in [0.05, 0.1) is 24.0 Å². The van der Waals surface area contributed by atoms with E-state index in [0.717, 1.165) is 35.7 Å². The lowest BCUT2D eigenvalue weighted by Crippen LogP contribution is -2.51. The van der Waals surface area contributed by atoms with E-state index in [-0.39, 0.29) is 12.1 Å². The Morgan fingerprint density at radius 1 is 1.03 bits per heavy atom. The number of hydrogen-bond donors (Lipinski definition) is 2. The largest absolute Gasteiger partial charge is 0.444 e. The molecule has 0 aromatic heterocycles. The van der Waals surface area contributed by atoms with E-state index >= 15 is 0 Å². The molecule has 0 spiro atoms. The fourth-order valence-corrected chi connectivity index (χ4v) is 7.52. The number of amides is 1. The van der Waals surface area contributed by atoms with Gasteiger partial charge in [0.2, 0.25) is 0 Å². The molecule has 188 valence electrons. The molecule has 1 saturated heterocycles. The molecule has 6 rings (SSSR count). The van der Waals surface area contributed by atoms with Gasteiger partial charge in [0.25, 0.3) is 0 Å². The summed E-state index contributed by atoms with van der Waals surface area (Å²) in [4.78, 5) is 14.7. The lowest BCUT2D eigenvalue weighted by Gasteiger charge is -2.57. The summed E-state index contributed by atoms with van der Waals surface area (Å²) in [6.45, 7) is 11.7. The highest BCUT2D eigenvalue weighted by Crippen LogP contribution is 2.60. The van der Waals surface area contributed by atoms with Gasteiger partial charge < -0.3 is 20.1 Å². The Kier molecular flexibility index (Phi) is 6.02. The van der Waals surface area contributed by atoms with Gasteiger partial charge in [0.1, 0.15) is 11.3 Å². The Hall–Kier alpha value is -1.95. The number of benzene rings is 1. The lowest BCUT2D eigenvalue weighted by atomic mass is 9.49. The summed E-state index contributed by atoms with van der Waals surface area (Å²) < 4.78 is 11.7. The zero-order valence-corrected chi connectivity index (χ0v) is 21.7. The second-order valence-electron chi connectivity index (χ2n) is 13.0. The van der Waals surface area contributed by atoms with Crippen LogP contribution in [-0.4, -0.2) is 48.1 Å². The van der Waals surface area contributed by atoms with Crippen LogP contribution in [-0.2, 0) is 9.47 Å². The van der Waals surface area contributed by atoms with Crippen LogP contribution in [0.4, 0.5) is 16.2 Å². The summed E-state index contributed by atoms with van der Waals surface area (Å²) in [5.41, 5.74) is 1.49. The summed E-state index contributed by atoms with van der Waals surface area (Å²) in [7, 11) is 0. The fourth-order valence-electron chi connectivity index (χ4n) is 7.52. The predicted molar refractivity (Wildman–Crippen MR) is 136 cm³/mol. The molecule has 6 nitrogen and oxygen atoms in total. The normalized spacial score (nSPS) is 33.7. The van der Waals surface area contributed by atoms with Crippen LogP contribution in [0.1, 0.15) is 73.1 Å². The van der Waals surface area contributed by atoms with Crippen molar-refractivity contribution < 1.29 is 14.3 Å². The summed E-state index contributed by atoms with van der Waals surface area (Å²) >= 11 is 0. The molecule has 4 bridgehead atoms. The summed E-state index contributed by atoms with van der Waals surface area (Å²) in [5.74, 6) is 2.89. The van der Waals surface area contributed by atoms with Gasteiger partial charge in [-0.1, -0.05) is 12.1 Å². The van der Waals surface area contributed by atoms with E-state index in [4.69, 9.17) is 9.47 Å². The molecule has 1 aliphatic heterocycles. The minimum Gasteiger partial charge on any atom is -0.444 e. The van der Waals surface area contributed by atoms with Gasteiger partial charge in [-0.3, -0.25) is 4.90 Å². The molecule has 34 heavy (non-hydrogen) atoms. The smallest absolute Gasteiger partial charge is 0.412 e. The van der Waals surface area contributed by atoms with Crippen LogP contribution < -0.4 is 10.6 Å². The van der Waals surface area contributed by atoms with Crippen LogP contribution in [0.25, 0.3) is 0 Å². The molecular formula is C28H43N3O3. The average Bonchev–Trinajstić information content (AvgIpc) is 3.03. The molecule has 1 atom stereocenters. The van der Waals surface area contributed by atoms with Crippen molar-refractivity contribution >= 4 is 17.5 Å². The zero-order chi connectivity index (χ0) is 24.1. The zero-order valence-electron chi connectivity index (χ0n) is 21.7. The summed E-state index contributed by atoms with van der Waals surface area (Å²) in [6, 6.07) is 8.37. The van der Waals surface area contributed by atoms with Crippen LogP contribution in [0.15, 0.2) is 24.3 Å². The van der Waals surface area contributed by atoms with Gasteiger partial charge in [-0.15, -0.1) is 0 Å². The Balaban J connectivity index is 1.23. The first kappa shape index (κ1) is 23.8.